The summed E-state index contributed by atoms with van der Waals surface area (Å²) in [4.78, 5) is 22.4. The van der Waals surface area contributed by atoms with Crippen molar-refractivity contribution in [1.82, 2.24) is 4.31 Å². The summed E-state index contributed by atoms with van der Waals surface area (Å²) in [6.45, 7) is 3.20. The van der Waals surface area contributed by atoms with E-state index in [1.165, 1.54) is 6.92 Å². The van der Waals surface area contributed by atoms with E-state index in [1.807, 2.05) is 0 Å². The minimum absolute atomic E-state index is 0.167. The molecule has 18 heavy (non-hydrogen) atoms. The summed E-state index contributed by atoms with van der Waals surface area (Å²) in [6.07, 6.45) is 1.04. The SMILES string of the molecule is CCOC(=O)/C=C(/C)[C@@H]1[C@H](N)C(=O)N1S(=O)(=O)O. The van der Waals surface area contributed by atoms with Gasteiger partial charge in [0, 0.05) is 6.08 Å². The van der Waals surface area contributed by atoms with Gasteiger partial charge >= 0.3 is 16.3 Å². The minimum atomic E-state index is -4.68. The molecule has 1 aliphatic rings. The van der Waals surface area contributed by atoms with Crippen LogP contribution in [-0.4, -0.2) is 47.8 Å². The molecule has 0 aromatic carbocycles. The maximum absolute atomic E-state index is 11.3. The van der Waals surface area contributed by atoms with Crippen LogP contribution in [0.1, 0.15) is 13.8 Å². The molecule has 1 saturated heterocycles. The molecule has 0 radical (unpaired) electrons. The van der Waals surface area contributed by atoms with Gasteiger partial charge in [-0.3, -0.25) is 9.35 Å². The minimum Gasteiger partial charge on any atom is -0.463 e. The Morgan fingerprint density at radius 1 is 1.61 bits per heavy atom. The average Bonchev–Trinajstić information content (AvgIpc) is 2.22. The molecule has 102 valence electrons. The molecule has 0 bridgehead atoms. The molecule has 3 N–H and O–H groups in total. The predicted molar refractivity (Wildman–Crippen MR) is 60.5 cm³/mol. The Morgan fingerprint density at radius 2 is 2.17 bits per heavy atom. The van der Waals surface area contributed by atoms with Gasteiger partial charge in [0.1, 0.15) is 6.04 Å². The molecule has 9 heteroatoms. The molecule has 0 unspecified atom stereocenters. The van der Waals surface area contributed by atoms with E-state index in [0.717, 1.165) is 6.08 Å². The van der Waals surface area contributed by atoms with E-state index in [0.29, 0.717) is 0 Å². The van der Waals surface area contributed by atoms with E-state index in [4.69, 9.17) is 10.3 Å². The van der Waals surface area contributed by atoms with Crippen molar-refractivity contribution in [3.8, 4) is 0 Å². The highest BCUT2D eigenvalue weighted by molar-refractivity contribution is 7.84. The molecule has 8 nitrogen and oxygen atoms in total. The lowest BCUT2D eigenvalue weighted by Crippen LogP contribution is -2.70. The molecule has 0 aromatic rings. The van der Waals surface area contributed by atoms with Gasteiger partial charge in [-0.2, -0.15) is 8.42 Å². The van der Waals surface area contributed by atoms with Crippen LogP contribution in [0.5, 0.6) is 0 Å². The van der Waals surface area contributed by atoms with Gasteiger partial charge in [-0.05, 0) is 19.4 Å². The highest BCUT2D eigenvalue weighted by atomic mass is 32.2. The molecule has 0 aliphatic carbocycles. The van der Waals surface area contributed by atoms with Gasteiger partial charge < -0.3 is 10.5 Å². The highest BCUT2D eigenvalue weighted by Gasteiger charge is 2.52. The number of β-lactam (4-membered cyclic amide) rings is 1. The molecule has 2 atom stereocenters. The molecule has 0 spiro atoms. The number of nitrogens with zero attached hydrogens (tertiary/aromatic N) is 1. The van der Waals surface area contributed by atoms with E-state index in [-0.39, 0.29) is 16.5 Å². The molecule has 1 amide bonds. The number of esters is 1. The number of hydrogen-bond acceptors (Lipinski definition) is 6. The van der Waals surface area contributed by atoms with Crippen molar-refractivity contribution in [2.45, 2.75) is 25.9 Å². The van der Waals surface area contributed by atoms with Gasteiger partial charge in [-0.1, -0.05) is 0 Å². The second-order valence-corrected chi connectivity index (χ2v) is 5.01. The third-order valence-corrected chi connectivity index (χ3v) is 3.35. The first-order chi connectivity index (χ1) is 8.20. The first-order valence-electron chi connectivity index (χ1n) is 5.11. The normalized spacial score (nSPS) is 24.8. The lowest BCUT2D eigenvalue weighted by Gasteiger charge is -2.42. The first kappa shape index (κ1) is 14.6. The summed E-state index contributed by atoms with van der Waals surface area (Å²) in [5.41, 5.74) is 5.66. The van der Waals surface area contributed by atoms with Crippen molar-refractivity contribution in [3.63, 3.8) is 0 Å². The molecular formula is C9H14N2O6S. The Labute approximate surface area is 104 Å². The number of ether oxygens (including phenoxy) is 1. The van der Waals surface area contributed by atoms with Crippen molar-refractivity contribution in [2.24, 2.45) is 5.73 Å². The van der Waals surface area contributed by atoms with Gasteiger partial charge in [0.2, 0.25) is 0 Å². The summed E-state index contributed by atoms with van der Waals surface area (Å²) >= 11 is 0. The van der Waals surface area contributed by atoms with E-state index < -0.39 is 34.3 Å². The third kappa shape index (κ3) is 2.68. The average molecular weight is 278 g/mol. The Bertz CT molecular complexity index is 497. The van der Waals surface area contributed by atoms with Crippen molar-refractivity contribution < 1.29 is 27.3 Å². The smallest absolute Gasteiger partial charge is 0.362 e. The molecular weight excluding hydrogens is 264 g/mol. The number of amides is 1. The zero-order valence-electron chi connectivity index (χ0n) is 9.86. The van der Waals surface area contributed by atoms with Gasteiger partial charge in [0.05, 0.1) is 12.6 Å². The quantitative estimate of drug-likeness (QED) is 0.287. The van der Waals surface area contributed by atoms with Gasteiger partial charge in [-0.15, -0.1) is 0 Å². The van der Waals surface area contributed by atoms with E-state index in [2.05, 4.69) is 4.74 Å². The van der Waals surface area contributed by atoms with Gasteiger partial charge in [-0.25, -0.2) is 9.10 Å². The third-order valence-electron chi connectivity index (χ3n) is 2.44. The van der Waals surface area contributed by atoms with E-state index >= 15 is 0 Å². The molecule has 1 aliphatic heterocycles. The lowest BCUT2D eigenvalue weighted by atomic mass is 9.93. The summed E-state index contributed by atoms with van der Waals surface area (Å²) in [5.74, 6) is -1.59. The van der Waals surface area contributed by atoms with E-state index in [1.54, 1.807) is 6.92 Å². The Morgan fingerprint density at radius 3 is 2.61 bits per heavy atom. The van der Waals surface area contributed by atoms with Crippen molar-refractivity contribution >= 4 is 22.2 Å². The topological polar surface area (TPSA) is 127 Å². The molecule has 0 saturated carbocycles. The van der Waals surface area contributed by atoms with Crippen LogP contribution in [0.2, 0.25) is 0 Å². The van der Waals surface area contributed by atoms with Crippen LogP contribution in [0, 0.1) is 0 Å². The van der Waals surface area contributed by atoms with Crippen LogP contribution in [0.3, 0.4) is 0 Å². The van der Waals surface area contributed by atoms with Crippen LogP contribution in [-0.2, 0) is 24.6 Å². The van der Waals surface area contributed by atoms with Crippen molar-refractivity contribution in [1.29, 1.82) is 0 Å². The molecule has 1 rings (SSSR count). The number of nitrogens with two attached hydrogens (primary N) is 1. The fourth-order valence-electron chi connectivity index (χ4n) is 1.66. The second-order valence-electron chi connectivity index (χ2n) is 3.72. The molecule has 1 fully saturated rings. The highest BCUT2D eigenvalue weighted by Crippen LogP contribution is 2.27. The summed E-state index contributed by atoms with van der Waals surface area (Å²) < 4.78 is 35.7. The summed E-state index contributed by atoms with van der Waals surface area (Å²) in [5, 5.41) is 0. The lowest BCUT2D eigenvalue weighted by molar-refractivity contribution is -0.140. The van der Waals surface area contributed by atoms with Crippen LogP contribution < -0.4 is 5.73 Å². The first-order valence-corrected chi connectivity index (χ1v) is 6.51. The molecule has 1 heterocycles. The number of hydrogen-bond donors (Lipinski definition) is 2. The van der Waals surface area contributed by atoms with Crippen LogP contribution >= 0.6 is 0 Å². The molecule has 0 aromatic heterocycles. The fraction of sp³-hybridized carbons (Fsp3) is 0.556. The Hall–Kier alpha value is -1.45. The second kappa shape index (κ2) is 5.04. The van der Waals surface area contributed by atoms with Crippen molar-refractivity contribution in [2.75, 3.05) is 6.61 Å². The maximum atomic E-state index is 11.3. The largest absolute Gasteiger partial charge is 0.463 e. The van der Waals surface area contributed by atoms with Crippen LogP contribution in [0.25, 0.3) is 0 Å². The maximum Gasteiger partial charge on any atom is 0.362 e. The zero-order chi connectivity index (χ0) is 14.1. The summed E-state index contributed by atoms with van der Waals surface area (Å²) in [7, 11) is -4.68. The fourth-order valence-corrected chi connectivity index (χ4v) is 2.60. The van der Waals surface area contributed by atoms with Crippen LogP contribution in [0.4, 0.5) is 0 Å². The standard InChI is InChI=1S/C9H14N2O6S/c1-3-17-6(12)4-5(2)8-7(10)9(13)11(8)18(14,15)16/h4,7-8H,3,10H2,1-2H3,(H,14,15,16)/b5-4-/t7-,8+/m0/s1. The number of rotatable bonds is 4. The van der Waals surface area contributed by atoms with Gasteiger partial charge in [0.25, 0.3) is 5.91 Å². The van der Waals surface area contributed by atoms with Crippen molar-refractivity contribution in [3.05, 3.63) is 11.6 Å². The summed E-state index contributed by atoms with van der Waals surface area (Å²) in [6, 6.07) is -2.16. The van der Waals surface area contributed by atoms with Gasteiger partial charge in [0.15, 0.2) is 0 Å². The predicted octanol–water partition coefficient (Wildman–Crippen LogP) is -1.16. The zero-order valence-corrected chi connectivity index (χ0v) is 10.7. The Balaban J connectivity index is 2.95. The van der Waals surface area contributed by atoms with Crippen LogP contribution in [0.15, 0.2) is 11.6 Å². The van der Waals surface area contributed by atoms with E-state index in [9.17, 15) is 18.0 Å². The monoisotopic (exact) mass is 278 g/mol. The number of carbonyl (C=O) groups is 2. The Kier molecular flexibility index (Phi) is 4.09. The number of carbonyl (C=O) groups excluding carboxylic acids is 2.